The summed E-state index contributed by atoms with van der Waals surface area (Å²) in [4.78, 5) is 12.7. The van der Waals surface area contributed by atoms with Crippen LogP contribution in [-0.2, 0) is 11.4 Å². The Kier molecular flexibility index (Phi) is 8.11. The molecule has 184 valence electrons. The summed E-state index contributed by atoms with van der Waals surface area (Å²) in [5, 5.41) is 12.9. The van der Waals surface area contributed by atoms with Gasteiger partial charge in [-0.3, -0.25) is 4.79 Å². The molecule has 36 heavy (non-hydrogen) atoms. The van der Waals surface area contributed by atoms with Crippen LogP contribution < -0.4 is 24.3 Å². The summed E-state index contributed by atoms with van der Waals surface area (Å²) < 4.78 is 22.4. The number of hydrogen-bond donors (Lipinski definition) is 1. The van der Waals surface area contributed by atoms with Gasteiger partial charge in [-0.15, -0.1) is 0 Å². The van der Waals surface area contributed by atoms with Crippen molar-refractivity contribution in [2.24, 2.45) is 0 Å². The SMILES string of the molecule is CCOc1cc(/C=C(/C#N)C(=O)Nc2cccc(Cl)c2Cl)cc(Cl)c1OCc1ccc2c(c1)OCO2. The number of amides is 1. The van der Waals surface area contributed by atoms with Crippen LogP contribution in [0.1, 0.15) is 18.1 Å². The van der Waals surface area contributed by atoms with Gasteiger partial charge in [0, 0.05) is 0 Å². The van der Waals surface area contributed by atoms with Crippen molar-refractivity contribution in [3.63, 3.8) is 0 Å². The van der Waals surface area contributed by atoms with E-state index < -0.39 is 5.91 Å². The highest BCUT2D eigenvalue weighted by Crippen LogP contribution is 2.39. The standard InChI is InChI=1S/C26H19Cl3N2O5/c1-2-33-23-11-16(8-17(12-30)26(32)31-20-5-3-4-18(27)24(20)29)9-19(28)25(23)34-13-15-6-7-21-22(10-15)36-14-35-21/h3-11H,2,13-14H2,1H3,(H,31,32)/b17-8-. The monoisotopic (exact) mass is 544 g/mol. The molecule has 7 nitrogen and oxygen atoms in total. The molecule has 1 amide bonds. The minimum Gasteiger partial charge on any atom is -0.490 e. The number of ether oxygens (including phenoxy) is 4. The molecule has 0 spiro atoms. The highest BCUT2D eigenvalue weighted by molar-refractivity contribution is 6.44. The van der Waals surface area contributed by atoms with E-state index in [0.717, 1.165) is 5.56 Å². The molecule has 0 radical (unpaired) electrons. The highest BCUT2D eigenvalue weighted by Gasteiger charge is 2.17. The zero-order valence-electron chi connectivity index (χ0n) is 18.9. The molecule has 0 aromatic heterocycles. The molecule has 0 atom stereocenters. The summed E-state index contributed by atoms with van der Waals surface area (Å²) in [6, 6.07) is 15.4. The van der Waals surface area contributed by atoms with E-state index in [-0.39, 0.29) is 39.7 Å². The van der Waals surface area contributed by atoms with Gasteiger partial charge in [-0.2, -0.15) is 5.26 Å². The third-order valence-corrected chi connectivity index (χ3v) is 6.13. The van der Waals surface area contributed by atoms with Crippen LogP contribution in [0.15, 0.2) is 54.1 Å². The number of rotatable bonds is 8. The zero-order valence-corrected chi connectivity index (χ0v) is 21.2. The molecule has 1 N–H and O–H groups in total. The van der Waals surface area contributed by atoms with Crippen LogP contribution in [-0.4, -0.2) is 19.3 Å². The summed E-state index contributed by atoms with van der Waals surface area (Å²) in [5.41, 5.74) is 1.45. The Morgan fingerprint density at radius 1 is 1.08 bits per heavy atom. The van der Waals surface area contributed by atoms with Crippen molar-refractivity contribution in [2.45, 2.75) is 13.5 Å². The number of nitriles is 1. The van der Waals surface area contributed by atoms with Gasteiger partial charge < -0.3 is 24.3 Å². The van der Waals surface area contributed by atoms with Gasteiger partial charge in [-0.1, -0.05) is 46.9 Å². The smallest absolute Gasteiger partial charge is 0.266 e. The Bertz CT molecular complexity index is 1380. The molecule has 0 aliphatic carbocycles. The van der Waals surface area contributed by atoms with E-state index in [9.17, 15) is 10.1 Å². The van der Waals surface area contributed by atoms with Gasteiger partial charge in [0.15, 0.2) is 23.0 Å². The molecule has 3 aromatic carbocycles. The van der Waals surface area contributed by atoms with Gasteiger partial charge in [0.2, 0.25) is 6.79 Å². The maximum Gasteiger partial charge on any atom is 0.266 e. The van der Waals surface area contributed by atoms with Crippen LogP contribution in [0.2, 0.25) is 15.1 Å². The van der Waals surface area contributed by atoms with Crippen LogP contribution >= 0.6 is 34.8 Å². The van der Waals surface area contributed by atoms with Gasteiger partial charge >= 0.3 is 0 Å². The van der Waals surface area contributed by atoms with Crippen LogP contribution in [0.25, 0.3) is 6.08 Å². The number of benzene rings is 3. The van der Waals surface area contributed by atoms with E-state index in [1.54, 1.807) is 30.3 Å². The van der Waals surface area contributed by atoms with E-state index in [1.807, 2.05) is 31.2 Å². The molecule has 0 unspecified atom stereocenters. The minimum absolute atomic E-state index is 0.168. The number of carbonyl (C=O) groups is 1. The molecule has 0 fully saturated rings. The molecule has 1 heterocycles. The first-order valence-electron chi connectivity index (χ1n) is 10.7. The van der Waals surface area contributed by atoms with Crippen LogP contribution in [0.3, 0.4) is 0 Å². The Morgan fingerprint density at radius 3 is 2.67 bits per heavy atom. The predicted molar refractivity (Wildman–Crippen MR) is 138 cm³/mol. The number of halogens is 3. The van der Waals surface area contributed by atoms with Crippen molar-refractivity contribution < 1.29 is 23.7 Å². The molecule has 0 bridgehead atoms. The zero-order chi connectivity index (χ0) is 25.7. The lowest BCUT2D eigenvalue weighted by atomic mass is 10.1. The van der Waals surface area contributed by atoms with Crippen molar-refractivity contribution >= 4 is 52.5 Å². The lowest BCUT2D eigenvalue weighted by molar-refractivity contribution is -0.112. The fourth-order valence-electron chi connectivity index (χ4n) is 3.37. The van der Waals surface area contributed by atoms with Crippen LogP contribution in [0, 0.1) is 11.3 Å². The molecule has 0 saturated carbocycles. The summed E-state index contributed by atoms with van der Waals surface area (Å²) in [5.74, 6) is 1.38. The quantitative estimate of drug-likeness (QED) is 0.245. The lowest BCUT2D eigenvalue weighted by Gasteiger charge is -2.15. The fraction of sp³-hybridized carbons (Fsp3) is 0.154. The fourth-order valence-corrected chi connectivity index (χ4v) is 3.99. The second-order valence-electron chi connectivity index (χ2n) is 7.46. The number of hydrogen-bond acceptors (Lipinski definition) is 6. The average Bonchev–Trinajstić information content (AvgIpc) is 3.33. The Balaban J connectivity index is 1.56. The van der Waals surface area contributed by atoms with E-state index in [2.05, 4.69) is 5.32 Å². The number of nitrogens with zero attached hydrogens (tertiary/aromatic N) is 1. The van der Waals surface area contributed by atoms with Crippen molar-refractivity contribution in [1.82, 2.24) is 0 Å². The largest absolute Gasteiger partial charge is 0.490 e. The van der Waals surface area contributed by atoms with Crippen molar-refractivity contribution in [3.05, 3.63) is 80.3 Å². The van der Waals surface area contributed by atoms with Gasteiger partial charge in [-0.05, 0) is 60.5 Å². The Labute approximate surface area is 222 Å². The second-order valence-corrected chi connectivity index (χ2v) is 8.66. The van der Waals surface area contributed by atoms with Gasteiger partial charge in [0.05, 0.1) is 27.4 Å². The second kappa shape index (κ2) is 11.4. The van der Waals surface area contributed by atoms with Gasteiger partial charge in [0.1, 0.15) is 18.2 Å². The first-order valence-corrected chi connectivity index (χ1v) is 11.9. The maximum absolute atomic E-state index is 12.7. The van der Waals surface area contributed by atoms with Crippen LogP contribution in [0.4, 0.5) is 5.69 Å². The molecule has 1 aliphatic heterocycles. The lowest BCUT2D eigenvalue weighted by Crippen LogP contribution is -2.13. The van der Waals surface area contributed by atoms with Crippen LogP contribution in [0.5, 0.6) is 23.0 Å². The third-order valence-electron chi connectivity index (χ3n) is 5.03. The summed E-state index contributed by atoms with van der Waals surface area (Å²) in [7, 11) is 0. The predicted octanol–water partition coefficient (Wildman–Crippen LogP) is 6.90. The average molecular weight is 546 g/mol. The van der Waals surface area contributed by atoms with Crippen molar-refractivity contribution in [2.75, 3.05) is 18.7 Å². The third kappa shape index (κ3) is 5.80. The van der Waals surface area contributed by atoms with E-state index >= 15 is 0 Å². The molecule has 1 aliphatic rings. The first kappa shape index (κ1) is 25.5. The highest BCUT2D eigenvalue weighted by atomic mass is 35.5. The molecular formula is C26H19Cl3N2O5. The Hall–Kier alpha value is -3.57. The number of nitrogens with one attached hydrogen (secondary N) is 1. The molecule has 10 heteroatoms. The van der Waals surface area contributed by atoms with E-state index in [0.29, 0.717) is 35.2 Å². The number of anilines is 1. The number of carbonyl (C=O) groups excluding carboxylic acids is 1. The molecule has 4 rings (SSSR count). The van der Waals surface area contributed by atoms with E-state index in [1.165, 1.54) is 6.08 Å². The summed E-state index contributed by atoms with van der Waals surface area (Å²) >= 11 is 18.6. The minimum atomic E-state index is -0.654. The topological polar surface area (TPSA) is 89.8 Å². The first-order chi connectivity index (χ1) is 17.4. The van der Waals surface area contributed by atoms with E-state index in [4.69, 9.17) is 53.8 Å². The summed E-state index contributed by atoms with van der Waals surface area (Å²) in [6.07, 6.45) is 1.39. The van der Waals surface area contributed by atoms with Crippen molar-refractivity contribution in [3.8, 4) is 29.1 Å². The molecule has 3 aromatic rings. The maximum atomic E-state index is 12.7. The van der Waals surface area contributed by atoms with Gasteiger partial charge in [0.25, 0.3) is 5.91 Å². The van der Waals surface area contributed by atoms with Gasteiger partial charge in [-0.25, -0.2) is 0 Å². The van der Waals surface area contributed by atoms with Crippen molar-refractivity contribution in [1.29, 1.82) is 5.26 Å². The molecule has 0 saturated heterocycles. The Morgan fingerprint density at radius 2 is 1.89 bits per heavy atom. The number of fused-ring (bicyclic) bond motifs is 1. The molecular weight excluding hydrogens is 527 g/mol. The normalized spacial score (nSPS) is 12.1. The summed E-state index contributed by atoms with van der Waals surface area (Å²) in [6.45, 7) is 2.56.